The van der Waals surface area contributed by atoms with Crippen molar-refractivity contribution < 1.29 is 4.79 Å². The molecule has 0 spiro atoms. The SMILES string of the molecule is Cc1c(CNC(=O)c2cn(CCN)cn2)cnn1C. The van der Waals surface area contributed by atoms with Crippen LogP contribution in [0.5, 0.6) is 0 Å². The molecule has 7 nitrogen and oxygen atoms in total. The van der Waals surface area contributed by atoms with Crippen LogP contribution in [0.3, 0.4) is 0 Å². The van der Waals surface area contributed by atoms with Crippen molar-refractivity contribution in [3.05, 3.63) is 35.7 Å². The highest BCUT2D eigenvalue weighted by Gasteiger charge is 2.10. The maximum atomic E-state index is 11.9. The Balaban J connectivity index is 1.95. The maximum absolute atomic E-state index is 11.9. The van der Waals surface area contributed by atoms with Crippen LogP contribution in [-0.2, 0) is 20.1 Å². The van der Waals surface area contributed by atoms with E-state index in [1.807, 2.05) is 14.0 Å². The predicted octanol–water partition coefficient (Wildman–Crippen LogP) is -0.186. The highest BCUT2D eigenvalue weighted by atomic mass is 16.1. The second-order valence-corrected chi connectivity index (χ2v) is 4.35. The van der Waals surface area contributed by atoms with Gasteiger partial charge in [0.1, 0.15) is 5.69 Å². The summed E-state index contributed by atoms with van der Waals surface area (Å²) >= 11 is 0. The van der Waals surface area contributed by atoms with Crippen LogP contribution in [0, 0.1) is 6.92 Å². The summed E-state index contributed by atoms with van der Waals surface area (Å²) in [4.78, 5) is 16.0. The highest BCUT2D eigenvalue weighted by molar-refractivity contribution is 5.91. The predicted molar refractivity (Wildman–Crippen MR) is 70.4 cm³/mol. The number of carbonyl (C=O) groups is 1. The van der Waals surface area contributed by atoms with E-state index in [0.717, 1.165) is 11.3 Å². The molecule has 0 fully saturated rings. The fourth-order valence-electron chi connectivity index (χ4n) is 1.73. The number of amides is 1. The number of nitrogens with two attached hydrogens (primary N) is 1. The van der Waals surface area contributed by atoms with Gasteiger partial charge in [0.05, 0.1) is 12.5 Å². The van der Waals surface area contributed by atoms with Gasteiger partial charge in [0.2, 0.25) is 0 Å². The van der Waals surface area contributed by atoms with Crippen LogP contribution in [0.2, 0.25) is 0 Å². The van der Waals surface area contributed by atoms with Gasteiger partial charge in [-0.3, -0.25) is 9.48 Å². The van der Waals surface area contributed by atoms with E-state index < -0.39 is 0 Å². The van der Waals surface area contributed by atoms with Gasteiger partial charge in [0.25, 0.3) is 5.91 Å². The molecule has 0 aliphatic carbocycles. The van der Waals surface area contributed by atoms with Crippen LogP contribution in [0.15, 0.2) is 18.7 Å². The molecule has 0 unspecified atom stereocenters. The molecule has 0 atom stereocenters. The quantitative estimate of drug-likeness (QED) is 0.781. The Hall–Kier alpha value is -2.15. The van der Waals surface area contributed by atoms with Crippen molar-refractivity contribution in [1.29, 1.82) is 0 Å². The number of hydrogen-bond donors (Lipinski definition) is 2. The minimum Gasteiger partial charge on any atom is -0.346 e. The van der Waals surface area contributed by atoms with E-state index in [2.05, 4.69) is 15.4 Å². The number of aryl methyl sites for hydroxylation is 1. The van der Waals surface area contributed by atoms with E-state index in [9.17, 15) is 4.79 Å². The summed E-state index contributed by atoms with van der Waals surface area (Å²) in [6.45, 7) is 3.58. The molecule has 2 aromatic heterocycles. The van der Waals surface area contributed by atoms with Crippen LogP contribution >= 0.6 is 0 Å². The fourth-order valence-corrected chi connectivity index (χ4v) is 1.73. The standard InChI is InChI=1S/C12H18N6O/c1-9-10(6-16-17(9)2)5-14-12(19)11-7-18(4-3-13)8-15-11/h6-8H,3-5,13H2,1-2H3,(H,14,19). The average Bonchev–Trinajstić information content (AvgIpc) is 2.97. The zero-order valence-corrected chi connectivity index (χ0v) is 11.1. The second-order valence-electron chi connectivity index (χ2n) is 4.35. The summed E-state index contributed by atoms with van der Waals surface area (Å²) in [5, 5.41) is 6.95. The van der Waals surface area contributed by atoms with Crippen molar-refractivity contribution >= 4 is 5.91 Å². The van der Waals surface area contributed by atoms with E-state index in [4.69, 9.17) is 5.73 Å². The normalized spacial score (nSPS) is 10.7. The van der Waals surface area contributed by atoms with Crippen molar-refractivity contribution in [2.75, 3.05) is 6.54 Å². The highest BCUT2D eigenvalue weighted by Crippen LogP contribution is 2.05. The molecule has 0 radical (unpaired) electrons. The lowest BCUT2D eigenvalue weighted by molar-refractivity contribution is 0.0946. The molecule has 102 valence electrons. The Morgan fingerprint density at radius 3 is 2.95 bits per heavy atom. The lowest BCUT2D eigenvalue weighted by Gasteiger charge is -2.03. The lowest BCUT2D eigenvalue weighted by Crippen LogP contribution is -2.23. The number of nitrogens with zero attached hydrogens (tertiary/aromatic N) is 4. The second kappa shape index (κ2) is 5.66. The summed E-state index contributed by atoms with van der Waals surface area (Å²) in [6.07, 6.45) is 5.05. The minimum absolute atomic E-state index is 0.195. The first kappa shape index (κ1) is 13.3. The summed E-state index contributed by atoms with van der Waals surface area (Å²) in [7, 11) is 1.87. The molecule has 0 saturated carbocycles. The monoisotopic (exact) mass is 262 g/mol. The van der Waals surface area contributed by atoms with Crippen molar-refractivity contribution in [1.82, 2.24) is 24.6 Å². The van der Waals surface area contributed by atoms with Crippen molar-refractivity contribution in [3.8, 4) is 0 Å². The van der Waals surface area contributed by atoms with Gasteiger partial charge in [-0.05, 0) is 6.92 Å². The van der Waals surface area contributed by atoms with Gasteiger partial charge in [0.15, 0.2) is 0 Å². The number of nitrogens with one attached hydrogen (secondary N) is 1. The summed E-state index contributed by atoms with van der Waals surface area (Å²) in [5.41, 5.74) is 7.87. The zero-order chi connectivity index (χ0) is 13.8. The third-order valence-corrected chi connectivity index (χ3v) is 3.03. The zero-order valence-electron chi connectivity index (χ0n) is 11.1. The Kier molecular flexibility index (Phi) is 3.96. The van der Waals surface area contributed by atoms with Crippen LogP contribution in [0.1, 0.15) is 21.7 Å². The number of carbonyl (C=O) groups excluding carboxylic acids is 1. The first-order valence-electron chi connectivity index (χ1n) is 6.09. The number of rotatable bonds is 5. The molecule has 0 saturated heterocycles. The number of aromatic nitrogens is 4. The van der Waals surface area contributed by atoms with Gasteiger partial charge in [-0.2, -0.15) is 5.10 Å². The largest absolute Gasteiger partial charge is 0.346 e. The Labute approximate surface area is 111 Å². The van der Waals surface area contributed by atoms with Crippen LogP contribution in [0.4, 0.5) is 0 Å². The molecule has 0 aliphatic heterocycles. The Bertz CT molecular complexity index is 571. The van der Waals surface area contributed by atoms with Crippen molar-refractivity contribution in [2.45, 2.75) is 20.0 Å². The first-order valence-corrected chi connectivity index (χ1v) is 6.09. The third kappa shape index (κ3) is 3.00. The molecule has 3 N–H and O–H groups in total. The molecule has 1 amide bonds. The van der Waals surface area contributed by atoms with Gasteiger partial charge < -0.3 is 15.6 Å². The number of hydrogen-bond acceptors (Lipinski definition) is 4. The summed E-state index contributed by atoms with van der Waals surface area (Å²) < 4.78 is 3.57. The third-order valence-electron chi connectivity index (χ3n) is 3.03. The van der Waals surface area contributed by atoms with Crippen LogP contribution in [-0.4, -0.2) is 31.8 Å². The van der Waals surface area contributed by atoms with Crippen LogP contribution in [0.25, 0.3) is 0 Å². The number of imidazole rings is 1. The van der Waals surface area contributed by atoms with Gasteiger partial charge >= 0.3 is 0 Å². The molecule has 2 heterocycles. The van der Waals surface area contributed by atoms with E-state index >= 15 is 0 Å². The Morgan fingerprint density at radius 2 is 2.32 bits per heavy atom. The van der Waals surface area contributed by atoms with Crippen LogP contribution < -0.4 is 11.1 Å². The molecule has 2 aromatic rings. The van der Waals surface area contributed by atoms with E-state index in [1.165, 1.54) is 0 Å². The molecular weight excluding hydrogens is 244 g/mol. The molecule has 0 aliphatic rings. The van der Waals surface area contributed by atoms with Crippen molar-refractivity contribution in [2.24, 2.45) is 12.8 Å². The average molecular weight is 262 g/mol. The van der Waals surface area contributed by atoms with Gasteiger partial charge in [-0.15, -0.1) is 0 Å². The fraction of sp³-hybridized carbons (Fsp3) is 0.417. The van der Waals surface area contributed by atoms with E-state index in [-0.39, 0.29) is 5.91 Å². The molecule has 7 heteroatoms. The molecule has 19 heavy (non-hydrogen) atoms. The van der Waals surface area contributed by atoms with E-state index in [1.54, 1.807) is 28.0 Å². The van der Waals surface area contributed by atoms with Crippen molar-refractivity contribution in [3.63, 3.8) is 0 Å². The summed E-state index contributed by atoms with van der Waals surface area (Å²) in [6, 6.07) is 0. The lowest BCUT2D eigenvalue weighted by atomic mass is 10.2. The maximum Gasteiger partial charge on any atom is 0.271 e. The van der Waals surface area contributed by atoms with E-state index in [0.29, 0.717) is 25.3 Å². The molecular formula is C12H18N6O. The smallest absolute Gasteiger partial charge is 0.271 e. The minimum atomic E-state index is -0.195. The molecule has 0 bridgehead atoms. The molecule has 0 aromatic carbocycles. The summed E-state index contributed by atoms with van der Waals surface area (Å²) in [5.74, 6) is -0.195. The Morgan fingerprint density at radius 1 is 1.53 bits per heavy atom. The topological polar surface area (TPSA) is 90.8 Å². The molecule has 2 rings (SSSR count). The first-order chi connectivity index (χ1) is 9.11. The van der Waals surface area contributed by atoms with Gasteiger partial charge in [0, 0.05) is 44.1 Å². The van der Waals surface area contributed by atoms with Gasteiger partial charge in [-0.1, -0.05) is 0 Å². The van der Waals surface area contributed by atoms with Gasteiger partial charge in [-0.25, -0.2) is 4.98 Å².